The lowest BCUT2D eigenvalue weighted by Crippen LogP contribution is -2.46. The lowest BCUT2D eigenvalue weighted by Gasteiger charge is -2.40. The van der Waals surface area contributed by atoms with Gasteiger partial charge in [-0.1, -0.05) is 56.3 Å². The third-order valence-corrected chi connectivity index (χ3v) is 5.36. The van der Waals surface area contributed by atoms with Crippen molar-refractivity contribution in [1.29, 1.82) is 0 Å². The summed E-state index contributed by atoms with van der Waals surface area (Å²) in [6.45, 7) is 7.03. The first-order valence-electron chi connectivity index (χ1n) is 9.98. The molecule has 0 atom stereocenters. The lowest BCUT2D eigenvalue weighted by molar-refractivity contribution is -0.153. The number of rotatable bonds is 11. The van der Waals surface area contributed by atoms with Crippen molar-refractivity contribution in [3.8, 4) is 11.5 Å². The molecule has 0 aromatic heterocycles. The van der Waals surface area contributed by atoms with Gasteiger partial charge in [0.05, 0.1) is 0 Å². The SMILES string of the molecule is CCC(C)(CC)N(CCOc1ccccc1OCC(F)(F)F)Cc1ccccc1. The van der Waals surface area contributed by atoms with Gasteiger partial charge in [-0.25, -0.2) is 0 Å². The van der Waals surface area contributed by atoms with E-state index >= 15 is 0 Å². The van der Waals surface area contributed by atoms with Gasteiger partial charge in [-0.05, 0) is 37.5 Å². The van der Waals surface area contributed by atoms with E-state index in [9.17, 15) is 13.2 Å². The van der Waals surface area contributed by atoms with E-state index in [4.69, 9.17) is 9.47 Å². The molecule has 2 aromatic rings. The van der Waals surface area contributed by atoms with Crippen molar-refractivity contribution in [1.82, 2.24) is 4.90 Å². The quantitative estimate of drug-likeness (QED) is 0.448. The number of para-hydroxylation sites is 2. The molecule has 0 spiro atoms. The average Bonchev–Trinajstić information content (AvgIpc) is 2.72. The Morgan fingerprint density at radius 1 is 0.828 bits per heavy atom. The summed E-state index contributed by atoms with van der Waals surface area (Å²) < 4.78 is 48.1. The molecule has 29 heavy (non-hydrogen) atoms. The monoisotopic (exact) mass is 409 g/mol. The van der Waals surface area contributed by atoms with Gasteiger partial charge in [0.25, 0.3) is 0 Å². The molecule has 2 aromatic carbocycles. The van der Waals surface area contributed by atoms with Gasteiger partial charge < -0.3 is 9.47 Å². The number of halogens is 3. The van der Waals surface area contributed by atoms with Crippen molar-refractivity contribution in [2.24, 2.45) is 0 Å². The second kappa shape index (κ2) is 10.5. The Bertz CT molecular complexity index is 730. The minimum atomic E-state index is -4.39. The van der Waals surface area contributed by atoms with E-state index in [2.05, 4.69) is 37.8 Å². The van der Waals surface area contributed by atoms with E-state index in [0.717, 1.165) is 19.4 Å². The van der Waals surface area contributed by atoms with Crippen molar-refractivity contribution in [3.63, 3.8) is 0 Å². The normalized spacial score (nSPS) is 12.2. The third kappa shape index (κ3) is 7.28. The topological polar surface area (TPSA) is 21.7 Å². The van der Waals surface area contributed by atoms with Crippen LogP contribution in [0.25, 0.3) is 0 Å². The molecule has 3 nitrogen and oxygen atoms in total. The van der Waals surface area contributed by atoms with Crippen LogP contribution in [0.3, 0.4) is 0 Å². The zero-order valence-electron chi connectivity index (χ0n) is 17.3. The first-order valence-corrected chi connectivity index (χ1v) is 9.98. The van der Waals surface area contributed by atoms with Crippen LogP contribution in [0, 0.1) is 0 Å². The zero-order valence-corrected chi connectivity index (χ0v) is 17.3. The van der Waals surface area contributed by atoms with Crippen LogP contribution in [0.4, 0.5) is 13.2 Å². The highest BCUT2D eigenvalue weighted by atomic mass is 19.4. The van der Waals surface area contributed by atoms with Gasteiger partial charge in [0, 0.05) is 18.6 Å². The second-order valence-electron chi connectivity index (χ2n) is 7.31. The fraction of sp³-hybridized carbons (Fsp3) is 0.478. The average molecular weight is 409 g/mol. The van der Waals surface area contributed by atoms with Crippen molar-refractivity contribution in [2.45, 2.75) is 51.9 Å². The van der Waals surface area contributed by atoms with E-state index in [1.807, 2.05) is 18.2 Å². The van der Waals surface area contributed by atoms with E-state index < -0.39 is 12.8 Å². The standard InChI is InChI=1S/C23H30F3NO2/c1-4-22(3,5-2)27(17-19-11-7-6-8-12-19)15-16-28-20-13-9-10-14-21(20)29-18-23(24,25)26/h6-14H,4-5,15-18H2,1-3H3. The Kier molecular flexibility index (Phi) is 8.38. The van der Waals surface area contributed by atoms with Crippen molar-refractivity contribution < 1.29 is 22.6 Å². The summed E-state index contributed by atoms with van der Waals surface area (Å²) in [5, 5.41) is 0. The maximum Gasteiger partial charge on any atom is 0.422 e. The highest BCUT2D eigenvalue weighted by molar-refractivity contribution is 5.39. The van der Waals surface area contributed by atoms with Gasteiger partial charge >= 0.3 is 6.18 Å². The van der Waals surface area contributed by atoms with Gasteiger partial charge in [-0.3, -0.25) is 4.90 Å². The van der Waals surface area contributed by atoms with Crippen molar-refractivity contribution >= 4 is 0 Å². The lowest BCUT2D eigenvalue weighted by atomic mass is 9.92. The van der Waals surface area contributed by atoms with E-state index in [-0.39, 0.29) is 11.3 Å². The first kappa shape index (κ1) is 23.1. The fourth-order valence-electron chi connectivity index (χ4n) is 3.15. The molecule has 0 bridgehead atoms. The van der Waals surface area contributed by atoms with Crippen LogP contribution in [-0.4, -0.2) is 36.4 Å². The molecular weight excluding hydrogens is 379 g/mol. The van der Waals surface area contributed by atoms with Gasteiger partial charge in [0.15, 0.2) is 18.1 Å². The molecule has 0 heterocycles. The molecular formula is C23H30F3NO2. The highest BCUT2D eigenvalue weighted by Gasteiger charge is 2.30. The zero-order chi connectivity index (χ0) is 21.3. The Hall–Kier alpha value is -2.21. The molecule has 6 heteroatoms. The van der Waals surface area contributed by atoms with Gasteiger partial charge in [-0.15, -0.1) is 0 Å². The minimum absolute atomic E-state index is 0.00546. The molecule has 160 valence electrons. The molecule has 0 saturated carbocycles. The molecule has 0 unspecified atom stereocenters. The Morgan fingerprint density at radius 2 is 1.38 bits per heavy atom. The fourth-order valence-corrected chi connectivity index (χ4v) is 3.15. The van der Waals surface area contributed by atoms with Crippen LogP contribution in [0.1, 0.15) is 39.2 Å². The van der Waals surface area contributed by atoms with Gasteiger partial charge in [0.1, 0.15) is 6.61 Å². The summed E-state index contributed by atoms with van der Waals surface area (Å²) >= 11 is 0. The van der Waals surface area contributed by atoms with E-state index in [1.165, 1.54) is 11.6 Å². The molecule has 0 aliphatic heterocycles. The molecule has 0 saturated heterocycles. The largest absolute Gasteiger partial charge is 0.488 e. The van der Waals surface area contributed by atoms with Gasteiger partial charge in [0.2, 0.25) is 0 Å². The number of hydrogen-bond donors (Lipinski definition) is 0. The summed E-state index contributed by atoms with van der Waals surface area (Å²) in [6, 6.07) is 16.7. The number of hydrogen-bond acceptors (Lipinski definition) is 3. The van der Waals surface area contributed by atoms with Crippen LogP contribution in [0.2, 0.25) is 0 Å². The summed E-state index contributed by atoms with van der Waals surface area (Å²) in [6.07, 6.45) is -2.41. The highest BCUT2D eigenvalue weighted by Crippen LogP contribution is 2.29. The van der Waals surface area contributed by atoms with E-state index in [1.54, 1.807) is 18.2 Å². The predicted molar refractivity (Wildman–Crippen MR) is 109 cm³/mol. The first-order chi connectivity index (χ1) is 13.8. The second-order valence-corrected chi connectivity index (χ2v) is 7.31. The molecule has 0 fully saturated rings. The summed E-state index contributed by atoms with van der Waals surface area (Å²) in [4.78, 5) is 2.38. The van der Waals surface area contributed by atoms with Crippen LogP contribution >= 0.6 is 0 Å². The molecule has 0 amide bonds. The summed E-state index contributed by atoms with van der Waals surface area (Å²) in [7, 11) is 0. The van der Waals surface area contributed by atoms with Crippen LogP contribution < -0.4 is 9.47 Å². The van der Waals surface area contributed by atoms with Crippen LogP contribution in [-0.2, 0) is 6.54 Å². The Labute approximate surface area is 171 Å². The number of nitrogens with zero attached hydrogens (tertiary/aromatic N) is 1. The predicted octanol–water partition coefficient (Wildman–Crippen LogP) is 6.09. The summed E-state index contributed by atoms with van der Waals surface area (Å²) in [5.74, 6) is 0.430. The third-order valence-electron chi connectivity index (χ3n) is 5.36. The maximum atomic E-state index is 12.5. The van der Waals surface area contributed by atoms with Crippen LogP contribution in [0.15, 0.2) is 54.6 Å². The van der Waals surface area contributed by atoms with Gasteiger partial charge in [-0.2, -0.15) is 13.2 Å². The molecule has 2 rings (SSSR count). The Morgan fingerprint density at radius 3 is 1.93 bits per heavy atom. The molecule has 0 N–H and O–H groups in total. The molecule has 0 aliphatic carbocycles. The minimum Gasteiger partial charge on any atom is -0.488 e. The Balaban J connectivity index is 2.04. The van der Waals surface area contributed by atoms with Crippen molar-refractivity contribution in [2.75, 3.05) is 19.8 Å². The molecule has 0 radical (unpaired) electrons. The smallest absolute Gasteiger partial charge is 0.422 e. The number of alkyl halides is 3. The van der Waals surface area contributed by atoms with Crippen molar-refractivity contribution in [3.05, 3.63) is 60.2 Å². The number of ether oxygens (including phenoxy) is 2. The molecule has 0 aliphatic rings. The summed E-state index contributed by atoms with van der Waals surface area (Å²) in [5.41, 5.74) is 1.22. The van der Waals surface area contributed by atoms with E-state index in [0.29, 0.717) is 18.9 Å². The maximum absolute atomic E-state index is 12.5. The number of benzene rings is 2. The van der Waals surface area contributed by atoms with Crippen LogP contribution in [0.5, 0.6) is 11.5 Å².